The lowest BCUT2D eigenvalue weighted by Gasteiger charge is -2.30. The summed E-state index contributed by atoms with van der Waals surface area (Å²) in [5, 5.41) is 6.64. The molecule has 2 aromatic rings. The Hall–Kier alpha value is -2.64. The molecule has 2 N–H and O–H groups in total. The maximum Gasteiger partial charge on any atom is 0.306 e. The van der Waals surface area contributed by atoms with E-state index in [2.05, 4.69) is 17.0 Å². The van der Waals surface area contributed by atoms with Crippen molar-refractivity contribution in [2.24, 2.45) is 16.8 Å². The molecule has 2 unspecified atom stereocenters. The number of esters is 1. The first-order chi connectivity index (χ1) is 17.0. The van der Waals surface area contributed by atoms with Crippen LogP contribution in [0.1, 0.15) is 71.3 Å². The number of ether oxygens (including phenoxy) is 1. The molecule has 35 heavy (non-hydrogen) atoms. The molecule has 6 nitrogen and oxygen atoms in total. The molecule has 0 amide bonds. The first kappa shape index (κ1) is 25.5. The summed E-state index contributed by atoms with van der Waals surface area (Å²) in [5.74, 6) is 2.12. The van der Waals surface area contributed by atoms with E-state index in [9.17, 15) is 9.59 Å². The molecule has 186 valence electrons. The van der Waals surface area contributed by atoms with Crippen LogP contribution in [0.5, 0.6) is 0 Å². The van der Waals surface area contributed by atoms with Crippen LogP contribution in [0.2, 0.25) is 0 Å². The fraction of sp³-hybridized carbons (Fsp3) is 0.464. The highest BCUT2D eigenvalue weighted by Crippen LogP contribution is 2.35. The third-order valence-corrected chi connectivity index (χ3v) is 7.72. The highest BCUT2D eigenvalue weighted by molar-refractivity contribution is 7.99. The third-order valence-electron chi connectivity index (χ3n) is 6.78. The average Bonchev–Trinajstić information content (AvgIpc) is 2.89. The summed E-state index contributed by atoms with van der Waals surface area (Å²) < 4.78 is 5.33. The summed E-state index contributed by atoms with van der Waals surface area (Å²) in [6.45, 7) is 4.50. The van der Waals surface area contributed by atoms with Gasteiger partial charge in [-0.25, -0.2) is 0 Å². The van der Waals surface area contributed by atoms with Gasteiger partial charge in [0.1, 0.15) is 0 Å². The largest absolute Gasteiger partial charge is 0.466 e. The van der Waals surface area contributed by atoms with Gasteiger partial charge >= 0.3 is 5.97 Å². The van der Waals surface area contributed by atoms with Crippen molar-refractivity contribution in [2.75, 3.05) is 31.2 Å². The van der Waals surface area contributed by atoms with E-state index in [4.69, 9.17) is 10.5 Å². The number of hydrogen-bond acceptors (Lipinski definition) is 7. The second kappa shape index (κ2) is 12.4. The minimum Gasteiger partial charge on any atom is -0.466 e. The Balaban J connectivity index is 1.38. The van der Waals surface area contributed by atoms with Crippen LogP contribution in [0, 0.1) is 5.92 Å². The number of thioether (sulfide) groups is 1. The van der Waals surface area contributed by atoms with Gasteiger partial charge in [0.2, 0.25) is 0 Å². The lowest BCUT2D eigenvalue weighted by molar-refractivity contribution is -0.145. The maximum absolute atomic E-state index is 13.1. The Kier molecular flexibility index (Phi) is 8.99. The molecule has 4 rings (SSSR count). The number of hydrogen-bond donors (Lipinski definition) is 1. The lowest BCUT2D eigenvalue weighted by Crippen LogP contribution is -2.29. The number of hydrazone groups is 1. The van der Waals surface area contributed by atoms with Gasteiger partial charge in [0, 0.05) is 41.8 Å². The van der Waals surface area contributed by atoms with E-state index in [1.807, 2.05) is 60.4 Å². The standard InChI is InChI=1S/C28H35N3O3S/c1-2-3-14-34-26(32)18-23-9-8-22-17-24(10-11-25(22)27(23)29)28(33)21-6-4-20(5-7-21)19-30-31-12-15-35-16-13-31/h4-7,10-11,17,19,23,27H,2-3,8-9,12-16,18,29H2,1H3. The molecule has 2 atom stereocenters. The zero-order valence-corrected chi connectivity index (χ0v) is 21.3. The Bertz CT molecular complexity index is 1050. The van der Waals surface area contributed by atoms with Crippen LogP contribution >= 0.6 is 11.8 Å². The van der Waals surface area contributed by atoms with Crippen LogP contribution in [-0.2, 0) is 16.0 Å². The highest BCUT2D eigenvalue weighted by atomic mass is 32.2. The van der Waals surface area contributed by atoms with E-state index in [1.54, 1.807) is 0 Å². The van der Waals surface area contributed by atoms with E-state index in [0.717, 1.165) is 67.0 Å². The number of carbonyl (C=O) groups is 2. The van der Waals surface area contributed by atoms with E-state index in [-0.39, 0.29) is 23.7 Å². The molecule has 1 heterocycles. The molecular formula is C28H35N3O3S. The van der Waals surface area contributed by atoms with Crippen molar-refractivity contribution in [3.63, 3.8) is 0 Å². The summed E-state index contributed by atoms with van der Waals surface area (Å²) in [7, 11) is 0. The summed E-state index contributed by atoms with van der Waals surface area (Å²) in [4.78, 5) is 25.3. The van der Waals surface area contributed by atoms with Crippen LogP contribution in [0.3, 0.4) is 0 Å². The number of benzene rings is 2. The topological polar surface area (TPSA) is 85.0 Å². The molecule has 1 aliphatic heterocycles. The molecule has 1 aliphatic carbocycles. The molecule has 7 heteroatoms. The second-order valence-corrected chi connectivity index (χ2v) is 10.5. The molecule has 1 saturated heterocycles. The van der Waals surface area contributed by atoms with Crippen molar-refractivity contribution in [1.82, 2.24) is 5.01 Å². The van der Waals surface area contributed by atoms with Crippen molar-refractivity contribution in [2.45, 2.75) is 45.1 Å². The molecule has 0 radical (unpaired) electrons. The summed E-state index contributed by atoms with van der Waals surface area (Å²) >= 11 is 1.96. The maximum atomic E-state index is 13.1. The lowest BCUT2D eigenvalue weighted by atomic mass is 9.78. The van der Waals surface area contributed by atoms with E-state index >= 15 is 0 Å². The zero-order chi connectivity index (χ0) is 24.6. The number of aryl methyl sites for hydroxylation is 1. The summed E-state index contributed by atoms with van der Waals surface area (Å²) in [6.07, 6.45) is 5.72. The van der Waals surface area contributed by atoms with Gasteiger partial charge in [-0.3, -0.25) is 14.6 Å². The number of carbonyl (C=O) groups excluding carboxylic acids is 2. The number of nitrogens with zero attached hydrogens (tertiary/aromatic N) is 2. The van der Waals surface area contributed by atoms with E-state index in [1.165, 1.54) is 0 Å². The Morgan fingerprint density at radius 1 is 1.14 bits per heavy atom. The van der Waals surface area contributed by atoms with Crippen LogP contribution in [0.25, 0.3) is 0 Å². The Morgan fingerprint density at radius 3 is 2.63 bits per heavy atom. The predicted octanol–water partition coefficient (Wildman–Crippen LogP) is 4.60. The van der Waals surface area contributed by atoms with Crippen molar-refractivity contribution >= 4 is 29.7 Å². The zero-order valence-electron chi connectivity index (χ0n) is 20.4. The molecular weight excluding hydrogens is 458 g/mol. The van der Waals surface area contributed by atoms with Crippen LogP contribution in [0.15, 0.2) is 47.6 Å². The number of ketones is 1. The van der Waals surface area contributed by atoms with Gasteiger partial charge in [0.05, 0.1) is 19.2 Å². The van der Waals surface area contributed by atoms with Crippen molar-refractivity contribution in [3.05, 3.63) is 70.3 Å². The first-order valence-corrected chi connectivity index (χ1v) is 13.8. The molecule has 0 aromatic heterocycles. The third kappa shape index (κ3) is 6.73. The SMILES string of the molecule is CCCCOC(=O)CC1CCc2cc(C(=O)c3ccc(C=NN4CCSCC4)cc3)ccc2C1N. The predicted molar refractivity (Wildman–Crippen MR) is 142 cm³/mol. The normalized spacial score (nSPS) is 20.0. The van der Waals surface area contributed by atoms with Crippen molar-refractivity contribution in [3.8, 4) is 0 Å². The van der Waals surface area contributed by atoms with Crippen LogP contribution < -0.4 is 5.73 Å². The van der Waals surface area contributed by atoms with Crippen LogP contribution in [0.4, 0.5) is 0 Å². The number of rotatable bonds is 9. The monoisotopic (exact) mass is 493 g/mol. The minimum atomic E-state index is -0.223. The first-order valence-electron chi connectivity index (χ1n) is 12.6. The molecule has 2 aromatic carbocycles. The quantitative estimate of drug-likeness (QED) is 0.238. The minimum absolute atomic E-state index is 0.000425. The number of unbranched alkanes of at least 4 members (excludes halogenated alkanes) is 1. The molecule has 2 aliphatic rings. The van der Waals surface area contributed by atoms with Crippen molar-refractivity contribution in [1.29, 1.82) is 0 Å². The van der Waals surface area contributed by atoms with E-state index < -0.39 is 0 Å². The van der Waals surface area contributed by atoms with Gasteiger partial charge in [-0.1, -0.05) is 49.7 Å². The second-order valence-electron chi connectivity index (χ2n) is 9.28. The van der Waals surface area contributed by atoms with Gasteiger partial charge in [0.25, 0.3) is 0 Å². The van der Waals surface area contributed by atoms with Crippen molar-refractivity contribution < 1.29 is 14.3 Å². The molecule has 0 spiro atoms. The van der Waals surface area contributed by atoms with Gasteiger partial charge in [-0.05, 0) is 47.9 Å². The smallest absolute Gasteiger partial charge is 0.306 e. The number of fused-ring (bicyclic) bond motifs is 1. The average molecular weight is 494 g/mol. The van der Waals surface area contributed by atoms with Gasteiger partial charge in [0.15, 0.2) is 5.78 Å². The molecule has 1 fully saturated rings. The fourth-order valence-electron chi connectivity index (χ4n) is 4.60. The van der Waals surface area contributed by atoms with E-state index in [0.29, 0.717) is 24.2 Å². The molecule has 0 bridgehead atoms. The van der Waals surface area contributed by atoms with Gasteiger partial charge in [-0.15, -0.1) is 0 Å². The summed E-state index contributed by atoms with van der Waals surface area (Å²) in [6, 6.07) is 13.2. The summed E-state index contributed by atoms with van der Waals surface area (Å²) in [5.41, 5.74) is 11.0. The highest BCUT2D eigenvalue weighted by Gasteiger charge is 2.29. The van der Waals surface area contributed by atoms with Gasteiger partial charge in [-0.2, -0.15) is 16.9 Å². The molecule has 0 saturated carbocycles. The van der Waals surface area contributed by atoms with Crippen LogP contribution in [-0.4, -0.2) is 54.2 Å². The Labute approximate surface area is 212 Å². The number of nitrogens with two attached hydrogens (primary N) is 1. The fourth-order valence-corrected chi connectivity index (χ4v) is 5.48. The van der Waals surface area contributed by atoms with Gasteiger partial charge < -0.3 is 10.5 Å². The Morgan fingerprint density at radius 2 is 1.89 bits per heavy atom.